The van der Waals surface area contributed by atoms with Crippen LogP contribution in [0.5, 0.6) is 0 Å². The maximum atomic E-state index is 2.35. The highest BCUT2D eigenvalue weighted by molar-refractivity contribution is 4.93. The standard InChI is InChI=1S/C14H26/c1-3-5-11-7-9-14-12(6-4-2)8-10-13(11)14/h11-14H,3-10H2,1-2H3/t11-,12+,13?,14?. The van der Waals surface area contributed by atoms with Gasteiger partial charge in [-0.1, -0.05) is 39.5 Å². The van der Waals surface area contributed by atoms with Gasteiger partial charge in [0, 0.05) is 0 Å². The summed E-state index contributed by atoms with van der Waals surface area (Å²) in [4.78, 5) is 0. The minimum atomic E-state index is 1.12. The van der Waals surface area contributed by atoms with Crippen molar-refractivity contribution < 1.29 is 0 Å². The SMILES string of the molecule is CCC[C@@H]1CCC2C1CC[C@@H]2CCC. The van der Waals surface area contributed by atoms with Crippen LogP contribution in [0, 0.1) is 23.7 Å². The molecule has 0 radical (unpaired) electrons. The van der Waals surface area contributed by atoms with Crippen molar-refractivity contribution in [3.05, 3.63) is 0 Å². The van der Waals surface area contributed by atoms with Crippen molar-refractivity contribution >= 4 is 0 Å². The van der Waals surface area contributed by atoms with E-state index in [1.54, 1.807) is 25.7 Å². The molecule has 0 aromatic heterocycles. The lowest BCUT2D eigenvalue weighted by Gasteiger charge is -2.20. The summed E-state index contributed by atoms with van der Waals surface area (Å²) in [5.41, 5.74) is 0. The van der Waals surface area contributed by atoms with Gasteiger partial charge in [-0.05, 0) is 49.4 Å². The Morgan fingerprint density at radius 3 is 1.50 bits per heavy atom. The Labute approximate surface area is 89.5 Å². The first-order valence-corrected chi connectivity index (χ1v) is 6.86. The lowest BCUT2D eigenvalue weighted by Crippen LogP contribution is -2.12. The highest BCUT2D eigenvalue weighted by atomic mass is 14.5. The molecular formula is C14H26. The molecule has 2 rings (SSSR count). The Kier molecular flexibility index (Phi) is 3.52. The fraction of sp³-hybridized carbons (Fsp3) is 1.00. The van der Waals surface area contributed by atoms with Gasteiger partial charge in [0.25, 0.3) is 0 Å². The minimum Gasteiger partial charge on any atom is -0.0654 e. The highest BCUT2D eigenvalue weighted by Crippen LogP contribution is 2.53. The third-order valence-electron chi connectivity index (χ3n) is 4.82. The van der Waals surface area contributed by atoms with Crippen LogP contribution in [-0.4, -0.2) is 0 Å². The molecule has 2 fully saturated rings. The van der Waals surface area contributed by atoms with Gasteiger partial charge in [0.2, 0.25) is 0 Å². The minimum absolute atomic E-state index is 1.12. The Morgan fingerprint density at radius 2 is 1.14 bits per heavy atom. The van der Waals surface area contributed by atoms with Gasteiger partial charge in [0.05, 0.1) is 0 Å². The van der Waals surface area contributed by atoms with E-state index in [4.69, 9.17) is 0 Å². The molecule has 2 saturated carbocycles. The number of rotatable bonds is 4. The fourth-order valence-electron chi connectivity index (χ4n) is 4.30. The van der Waals surface area contributed by atoms with Crippen molar-refractivity contribution in [3.8, 4) is 0 Å². The van der Waals surface area contributed by atoms with Crippen LogP contribution in [0.25, 0.3) is 0 Å². The molecule has 2 aliphatic rings. The summed E-state index contributed by atoms with van der Waals surface area (Å²) in [6.45, 7) is 4.71. The van der Waals surface area contributed by atoms with Crippen LogP contribution in [0.1, 0.15) is 65.2 Å². The summed E-state index contributed by atoms with van der Waals surface area (Å²) in [6, 6.07) is 0. The maximum absolute atomic E-state index is 2.35. The van der Waals surface area contributed by atoms with Crippen molar-refractivity contribution in [2.45, 2.75) is 65.2 Å². The zero-order valence-electron chi connectivity index (χ0n) is 9.97. The first kappa shape index (κ1) is 10.5. The second-order valence-electron chi connectivity index (χ2n) is 5.58. The average molecular weight is 194 g/mol. The number of fused-ring (bicyclic) bond motifs is 1. The average Bonchev–Trinajstić information content (AvgIpc) is 2.72. The van der Waals surface area contributed by atoms with Gasteiger partial charge in [-0.3, -0.25) is 0 Å². The molecule has 0 aromatic carbocycles. The van der Waals surface area contributed by atoms with Crippen molar-refractivity contribution in [3.63, 3.8) is 0 Å². The van der Waals surface area contributed by atoms with E-state index in [1.807, 2.05) is 0 Å². The predicted octanol–water partition coefficient (Wildman–Crippen LogP) is 4.64. The third-order valence-corrected chi connectivity index (χ3v) is 4.82. The Balaban J connectivity index is 1.90. The largest absolute Gasteiger partial charge is 0.0654 e. The van der Waals surface area contributed by atoms with Gasteiger partial charge in [-0.2, -0.15) is 0 Å². The second kappa shape index (κ2) is 4.68. The Morgan fingerprint density at radius 1 is 0.714 bits per heavy atom. The molecular weight excluding hydrogens is 168 g/mol. The van der Waals surface area contributed by atoms with Gasteiger partial charge < -0.3 is 0 Å². The summed E-state index contributed by atoms with van der Waals surface area (Å²) in [5, 5.41) is 0. The summed E-state index contributed by atoms with van der Waals surface area (Å²) < 4.78 is 0. The first-order valence-electron chi connectivity index (χ1n) is 6.86. The van der Waals surface area contributed by atoms with Gasteiger partial charge in [-0.15, -0.1) is 0 Å². The molecule has 0 spiro atoms. The van der Waals surface area contributed by atoms with Crippen LogP contribution in [0.3, 0.4) is 0 Å². The van der Waals surface area contributed by atoms with Crippen LogP contribution in [-0.2, 0) is 0 Å². The van der Waals surface area contributed by atoms with E-state index in [1.165, 1.54) is 25.7 Å². The Hall–Kier alpha value is 0. The van der Waals surface area contributed by atoms with E-state index in [-0.39, 0.29) is 0 Å². The fourth-order valence-corrected chi connectivity index (χ4v) is 4.30. The van der Waals surface area contributed by atoms with Crippen molar-refractivity contribution in [2.75, 3.05) is 0 Å². The van der Waals surface area contributed by atoms with Gasteiger partial charge in [0.1, 0.15) is 0 Å². The van der Waals surface area contributed by atoms with Gasteiger partial charge in [0.15, 0.2) is 0 Å². The van der Waals surface area contributed by atoms with Crippen LogP contribution >= 0.6 is 0 Å². The lowest BCUT2D eigenvalue weighted by atomic mass is 9.85. The summed E-state index contributed by atoms with van der Waals surface area (Å²) in [7, 11) is 0. The molecule has 0 N–H and O–H groups in total. The van der Waals surface area contributed by atoms with E-state index in [0.29, 0.717) is 0 Å². The molecule has 82 valence electrons. The van der Waals surface area contributed by atoms with E-state index in [2.05, 4.69) is 13.8 Å². The quantitative estimate of drug-likeness (QED) is 0.611. The third kappa shape index (κ3) is 1.85. The molecule has 0 aliphatic heterocycles. The molecule has 0 heterocycles. The maximum Gasteiger partial charge on any atom is -0.0355 e. The van der Waals surface area contributed by atoms with Crippen LogP contribution in [0.4, 0.5) is 0 Å². The molecule has 0 heteroatoms. The van der Waals surface area contributed by atoms with Crippen molar-refractivity contribution in [1.82, 2.24) is 0 Å². The molecule has 0 aromatic rings. The van der Waals surface area contributed by atoms with E-state index < -0.39 is 0 Å². The number of hydrogen-bond acceptors (Lipinski definition) is 0. The predicted molar refractivity (Wildman–Crippen MR) is 62.2 cm³/mol. The molecule has 0 amide bonds. The van der Waals surface area contributed by atoms with E-state index >= 15 is 0 Å². The van der Waals surface area contributed by atoms with Crippen LogP contribution in [0.15, 0.2) is 0 Å². The molecule has 4 atom stereocenters. The van der Waals surface area contributed by atoms with Crippen LogP contribution < -0.4 is 0 Å². The summed E-state index contributed by atoms with van der Waals surface area (Å²) in [6.07, 6.45) is 12.1. The first-order chi connectivity index (χ1) is 6.86. The van der Waals surface area contributed by atoms with Gasteiger partial charge >= 0.3 is 0 Å². The molecule has 0 saturated heterocycles. The molecule has 0 nitrogen and oxygen atoms in total. The lowest BCUT2D eigenvalue weighted by molar-refractivity contribution is 0.293. The normalized spacial score (nSPS) is 41.6. The molecule has 2 aliphatic carbocycles. The van der Waals surface area contributed by atoms with Crippen molar-refractivity contribution in [1.29, 1.82) is 0 Å². The monoisotopic (exact) mass is 194 g/mol. The summed E-state index contributed by atoms with van der Waals surface area (Å²) in [5.74, 6) is 4.52. The molecule has 2 unspecified atom stereocenters. The van der Waals surface area contributed by atoms with E-state index in [9.17, 15) is 0 Å². The Bertz CT molecular complexity index is 153. The zero-order valence-corrected chi connectivity index (χ0v) is 9.97. The van der Waals surface area contributed by atoms with E-state index in [0.717, 1.165) is 23.7 Å². The van der Waals surface area contributed by atoms with Crippen molar-refractivity contribution in [2.24, 2.45) is 23.7 Å². The molecule has 14 heavy (non-hydrogen) atoms. The van der Waals surface area contributed by atoms with Gasteiger partial charge in [-0.25, -0.2) is 0 Å². The summed E-state index contributed by atoms with van der Waals surface area (Å²) >= 11 is 0. The zero-order chi connectivity index (χ0) is 9.97. The number of hydrogen-bond donors (Lipinski definition) is 0. The van der Waals surface area contributed by atoms with Crippen LogP contribution in [0.2, 0.25) is 0 Å². The highest BCUT2D eigenvalue weighted by Gasteiger charge is 2.43. The second-order valence-corrected chi connectivity index (χ2v) is 5.58. The smallest absolute Gasteiger partial charge is 0.0355 e. The topological polar surface area (TPSA) is 0 Å². The molecule has 0 bridgehead atoms.